The molecular weight excluding hydrogens is 228 g/mol. The molecule has 5 nitrogen and oxygen atoms in total. The molecule has 94 valence electrons. The Bertz CT molecular complexity index is 576. The Morgan fingerprint density at radius 3 is 2.28 bits per heavy atom. The van der Waals surface area contributed by atoms with Crippen LogP contribution in [-0.4, -0.2) is 22.1 Å². The average Bonchev–Trinajstić information content (AvgIpc) is 2.30. The minimum Gasteiger partial charge on any atom is -0.496 e. The van der Waals surface area contributed by atoms with E-state index in [1.807, 2.05) is 26.0 Å². The number of nitrogens with zero attached hydrogens (tertiary/aromatic N) is 3. The molecule has 0 atom stereocenters. The fraction of sp³-hybridized carbons (Fsp3) is 0.308. The Morgan fingerprint density at radius 1 is 1.00 bits per heavy atom. The molecule has 5 heteroatoms. The Balaban J connectivity index is 2.65. The normalized spacial score (nSPS) is 10.4. The number of methoxy groups -OCH3 is 1. The Kier molecular flexibility index (Phi) is 3.14. The van der Waals surface area contributed by atoms with Gasteiger partial charge in [0.15, 0.2) is 5.82 Å². The van der Waals surface area contributed by atoms with Crippen LogP contribution in [0.25, 0.3) is 11.4 Å². The standard InChI is InChI=1S/C13H16N4O/c1-7-5-10(11(18-4)6-8(7)2)12-15-9(3)16-13(14)17-12/h5-6H,1-4H3,(H2,14,15,16,17). The Labute approximate surface area is 106 Å². The third-order valence-corrected chi connectivity index (χ3v) is 2.82. The zero-order chi connectivity index (χ0) is 13.3. The molecule has 1 aromatic carbocycles. The van der Waals surface area contributed by atoms with Crippen LogP contribution in [-0.2, 0) is 0 Å². The SMILES string of the molecule is COc1cc(C)c(C)cc1-c1nc(C)nc(N)n1. The van der Waals surface area contributed by atoms with Crippen molar-refractivity contribution in [3.63, 3.8) is 0 Å². The van der Waals surface area contributed by atoms with E-state index in [-0.39, 0.29) is 5.95 Å². The van der Waals surface area contributed by atoms with Gasteiger partial charge in [-0.2, -0.15) is 9.97 Å². The van der Waals surface area contributed by atoms with Gasteiger partial charge in [0.25, 0.3) is 0 Å². The molecule has 0 fully saturated rings. The molecule has 18 heavy (non-hydrogen) atoms. The largest absolute Gasteiger partial charge is 0.496 e. The molecule has 2 aromatic rings. The zero-order valence-electron chi connectivity index (χ0n) is 11.0. The van der Waals surface area contributed by atoms with Crippen molar-refractivity contribution in [1.82, 2.24) is 15.0 Å². The topological polar surface area (TPSA) is 73.9 Å². The highest BCUT2D eigenvalue weighted by Crippen LogP contribution is 2.30. The van der Waals surface area contributed by atoms with Crippen LogP contribution in [0.15, 0.2) is 12.1 Å². The van der Waals surface area contributed by atoms with Crippen molar-refractivity contribution < 1.29 is 4.74 Å². The highest BCUT2D eigenvalue weighted by Gasteiger charge is 2.12. The van der Waals surface area contributed by atoms with Gasteiger partial charge >= 0.3 is 0 Å². The number of aryl methyl sites for hydroxylation is 3. The number of benzene rings is 1. The first kappa shape index (κ1) is 12.3. The highest BCUT2D eigenvalue weighted by atomic mass is 16.5. The number of rotatable bonds is 2. The van der Waals surface area contributed by atoms with Gasteiger partial charge in [-0.15, -0.1) is 0 Å². The molecule has 0 aliphatic rings. The molecule has 1 heterocycles. The minimum absolute atomic E-state index is 0.220. The Hall–Kier alpha value is -2.17. The number of nitrogen functional groups attached to an aromatic ring is 1. The summed E-state index contributed by atoms with van der Waals surface area (Å²) in [5.41, 5.74) is 8.80. The predicted molar refractivity (Wildman–Crippen MR) is 70.4 cm³/mol. The number of hydrogen-bond donors (Lipinski definition) is 1. The summed E-state index contributed by atoms with van der Waals surface area (Å²) in [4.78, 5) is 12.4. The van der Waals surface area contributed by atoms with Crippen LogP contribution in [0, 0.1) is 20.8 Å². The summed E-state index contributed by atoms with van der Waals surface area (Å²) >= 11 is 0. The van der Waals surface area contributed by atoms with Gasteiger partial charge in [0.1, 0.15) is 11.6 Å². The summed E-state index contributed by atoms with van der Waals surface area (Å²) in [5.74, 6) is 2.10. The summed E-state index contributed by atoms with van der Waals surface area (Å²) in [6, 6.07) is 3.97. The van der Waals surface area contributed by atoms with Crippen LogP contribution < -0.4 is 10.5 Å². The van der Waals surface area contributed by atoms with Crippen molar-refractivity contribution >= 4 is 5.95 Å². The van der Waals surface area contributed by atoms with Crippen molar-refractivity contribution in [1.29, 1.82) is 0 Å². The first-order chi connectivity index (χ1) is 8.51. The van der Waals surface area contributed by atoms with Crippen molar-refractivity contribution in [2.45, 2.75) is 20.8 Å². The van der Waals surface area contributed by atoms with E-state index in [4.69, 9.17) is 10.5 Å². The van der Waals surface area contributed by atoms with E-state index in [0.29, 0.717) is 11.6 Å². The third kappa shape index (κ3) is 2.25. The van der Waals surface area contributed by atoms with E-state index < -0.39 is 0 Å². The summed E-state index contributed by atoms with van der Waals surface area (Å²) < 4.78 is 5.37. The summed E-state index contributed by atoms with van der Waals surface area (Å²) in [6.07, 6.45) is 0. The second-order valence-electron chi connectivity index (χ2n) is 4.20. The van der Waals surface area contributed by atoms with Gasteiger partial charge in [0.2, 0.25) is 5.95 Å². The van der Waals surface area contributed by atoms with Gasteiger partial charge in [-0.25, -0.2) is 4.98 Å². The third-order valence-electron chi connectivity index (χ3n) is 2.82. The highest BCUT2D eigenvalue weighted by molar-refractivity contribution is 5.66. The van der Waals surface area contributed by atoms with E-state index in [1.54, 1.807) is 14.0 Å². The quantitative estimate of drug-likeness (QED) is 0.875. The molecule has 0 saturated heterocycles. The van der Waals surface area contributed by atoms with Crippen molar-refractivity contribution in [2.24, 2.45) is 0 Å². The van der Waals surface area contributed by atoms with Gasteiger partial charge in [-0.05, 0) is 44.0 Å². The number of ether oxygens (including phenoxy) is 1. The van der Waals surface area contributed by atoms with Crippen LogP contribution in [0.2, 0.25) is 0 Å². The minimum atomic E-state index is 0.220. The van der Waals surface area contributed by atoms with E-state index >= 15 is 0 Å². The smallest absolute Gasteiger partial charge is 0.223 e. The van der Waals surface area contributed by atoms with Crippen LogP contribution in [0.3, 0.4) is 0 Å². The lowest BCUT2D eigenvalue weighted by molar-refractivity contribution is 0.415. The monoisotopic (exact) mass is 244 g/mol. The average molecular weight is 244 g/mol. The fourth-order valence-electron chi connectivity index (χ4n) is 1.76. The van der Waals surface area contributed by atoms with E-state index in [1.165, 1.54) is 0 Å². The summed E-state index contributed by atoms with van der Waals surface area (Å²) in [7, 11) is 1.63. The van der Waals surface area contributed by atoms with E-state index in [9.17, 15) is 0 Å². The van der Waals surface area contributed by atoms with Gasteiger partial charge < -0.3 is 10.5 Å². The molecule has 0 saturated carbocycles. The summed E-state index contributed by atoms with van der Waals surface area (Å²) in [6.45, 7) is 5.86. The first-order valence-corrected chi connectivity index (χ1v) is 5.65. The molecule has 0 aliphatic heterocycles. The molecular formula is C13H16N4O. The predicted octanol–water partition coefficient (Wildman–Crippen LogP) is 2.05. The molecule has 2 N–H and O–H groups in total. The number of aromatic nitrogens is 3. The second-order valence-corrected chi connectivity index (χ2v) is 4.20. The van der Waals surface area contributed by atoms with Gasteiger partial charge in [0, 0.05) is 0 Å². The molecule has 0 radical (unpaired) electrons. The maximum atomic E-state index is 5.65. The molecule has 1 aromatic heterocycles. The number of anilines is 1. The van der Waals surface area contributed by atoms with Crippen molar-refractivity contribution in [3.8, 4) is 17.1 Å². The van der Waals surface area contributed by atoms with Crippen LogP contribution in [0.5, 0.6) is 5.75 Å². The van der Waals surface area contributed by atoms with Crippen molar-refractivity contribution in [2.75, 3.05) is 12.8 Å². The maximum absolute atomic E-state index is 5.65. The maximum Gasteiger partial charge on any atom is 0.223 e. The lowest BCUT2D eigenvalue weighted by Crippen LogP contribution is -2.03. The molecule has 0 bridgehead atoms. The van der Waals surface area contributed by atoms with Crippen LogP contribution in [0.1, 0.15) is 17.0 Å². The van der Waals surface area contributed by atoms with E-state index in [2.05, 4.69) is 15.0 Å². The lowest BCUT2D eigenvalue weighted by Gasteiger charge is -2.11. The number of nitrogens with two attached hydrogens (primary N) is 1. The zero-order valence-corrected chi connectivity index (χ0v) is 11.0. The summed E-state index contributed by atoms with van der Waals surface area (Å²) in [5, 5.41) is 0. The fourth-order valence-corrected chi connectivity index (χ4v) is 1.76. The molecule has 0 amide bonds. The Morgan fingerprint density at radius 2 is 1.67 bits per heavy atom. The van der Waals surface area contributed by atoms with Crippen LogP contribution >= 0.6 is 0 Å². The lowest BCUT2D eigenvalue weighted by atomic mass is 10.0. The number of hydrogen-bond acceptors (Lipinski definition) is 5. The van der Waals surface area contributed by atoms with Crippen LogP contribution in [0.4, 0.5) is 5.95 Å². The van der Waals surface area contributed by atoms with Gasteiger partial charge in [-0.1, -0.05) is 0 Å². The second kappa shape index (κ2) is 4.60. The van der Waals surface area contributed by atoms with Crippen molar-refractivity contribution in [3.05, 3.63) is 29.1 Å². The molecule has 2 rings (SSSR count). The molecule has 0 aliphatic carbocycles. The molecule has 0 unspecified atom stereocenters. The van der Waals surface area contributed by atoms with Gasteiger partial charge in [-0.3, -0.25) is 0 Å². The first-order valence-electron chi connectivity index (χ1n) is 5.65. The van der Waals surface area contributed by atoms with Gasteiger partial charge in [0.05, 0.1) is 12.7 Å². The van der Waals surface area contributed by atoms with E-state index in [0.717, 1.165) is 22.4 Å². The molecule has 0 spiro atoms.